The average Bonchev–Trinajstić information content (AvgIpc) is 3.76. The van der Waals surface area contributed by atoms with Gasteiger partial charge in [-0.1, -0.05) is 108 Å². The Bertz CT molecular complexity index is 3010. The van der Waals surface area contributed by atoms with Crippen molar-refractivity contribution in [3.8, 4) is 34.4 Å². The molecular weight excluding hydrogens is 958 g/mol. The minimum Gasteiger partial charge on any atom is -0.489 e. The van der Waals surface area contributed by atoms with E-state index in [1.807, 2.05) is 54.6 Å². The van der Waals surface area contributed by atoms with Crippen LogP contribution >= 0.6 is 34.5 Å². The zero-order valence-corrected chi connectivity index (χ0v) is 40.8. The van der Waals surface area contributed by atoms with Crippen LogP contribution in [0.2, 0.25) is 10.0 Å². The van der Waals surface area contributed by atoms with Crippen LogP contribution in [0.4, 0.5) is 5.13 Å². The molecule has 0 saturated heterocycles. The van der Waals surface area contributed by atoms with Crippen molar-refractivity contribution >= 4 is 61.6 Å². The number of carboxylic acid groups (broad SMARTS) is 1. The second kappa shape index (κ2) is 20.8. The summed E-state index contributed by atoms with van der Waals surface area (Å²) in [5, 5.41) is 27.1. The molecule has 1 amide bonds. The SMILES string of the molecule is Cc1nc(NCC2CCCCC2)sc1S(=O)(=O)N1Cc2cc3c(cc2C[C@H]1C(=O)NC(Cc1ccc(-c2ccc(C#N)cc2)cc1)C(=O)O)OC[C@H](c1ccc(OCc2ccc(Cl)c(Cl)c2)cc1)O3. The first-order valence-electron chi connectivity index (χ1n) is 22.8. The summed E-state index contributed by atoms with van der Waals surface area (Å²) in [6.45, 7) is 2.63. The molecule has 3 aliphatic rings. The number of anilines is 1. The smallest absolute Gasteiger partial charge is 0.326 e. The zero-order chi connectivity index (χ0) is 48.2. The highest BCUT2D eigenvalue weighted by atomic mass is 35.5. The van der Waals surface area contributed by atoms with Crippen molar-refractivity contribution in [3.63, 3.8) is 0 Å². The molecule has 3 heterocycles. The summed E-state index contributed by atoms with van der Waals surface area (Å²) in [4.78, 5) is 31.9. The van der Waals surface area contributed by atoms with E-state index in [-0.39, 0.29) is 30.2 Å². The third kappa shape index (κ3) is 11.0. The summed E-state index contributed by atoms with van der Waals surface area (Å²) in [7, 11) is -4.38. The number of hydrogen-bond acceptors (Lipinski definition) is 11. The first kappa shape index (κ1) is 47.9. The first-order chi connectivity index (χ1) is 33.3. The number of sulfonamides is 1. The summed E-state index contributed by atoms with van der Waals surface area (Å²) in [5.74, 6) is -0.0246. The number of nitrogens with one attached hydrogen (secondary N) is 2. The molecule has 17 heteroatoms. The maximum Gasteiger partial charge on any atom is 0.326 e. The molecule has 1 aromatic heterocycles. The van der Waals surface area contributed by atoms with Gasteiger partial charge in [0.1, 0.15) is 31.0 Å². The number of carboxylic acids is 1. The van der Waals surface area contributed by atoms with Gasteiger partial charge in [0, 0.05) is 19.5 Å². The Kier molecular flexibility index (Phi) is 14.5. The van der Waals surface area contributed by atoms with Gasteiger partial charge in [0.25, 0.3) is 10.0 Å². The lowest BCUT2D eigenvalue weighted by atomic mass is 9.89. The number of nitrogens with zero attached hydrogens (tertiary/aromatic N) is 3. The van der Waals surface area contributed by atoms with Gasteiger partial charge < -0.3 is 30.0 Å². The van der Waals surface area contributed by atoms with Gasteiger partial charge >= 0.3 is 5.97 Å². The van der Waals surface area contributed by atoms with Gasteiger partial charge in [-0.3, -0.25) is 4.79 Å². The third-order valence-electron chi connectivity index (χ3n) is 12.9. The maximum atomic E-state index is 14.9. The summed E-state index contributed by atoms with van der Waals surface area (Å²) in [5.41, 5.74) is 6.25. The van der Waals surface area contributed by atoms with Crippen LogP contribution < -0.4 is 24.8 Å². The largest absolute Gasteiger partial charge is 0.489 e. The van der Waals surface area contributed by atoms with E-state index in [9.17, 15) is 28.4 Å². The van der Waals surface area contributed by atoms with Crippen LogP contribution in [0.5, 0.6) is 17.2 Å². The van der Waals surface area contributed by atoms with Crippen molar-refractivity contribution in [1.82, 2.24) is 14.6 Å². The molecule has 1 saturated carbocycles. The first-order valence-corrected chi connectivity index (χ1v) is 25.8. The Morgan fingerprint density at radius 2 is 1.61 bits per heavy atom. The zero-order valence-electron chi connectivity index (χ0n) is 37.6. The predicted molar refractivity (Wildman–Crippen MR) is 265 cm³/mol. The van der Waals surface area contributed by atoms with E-state index < -0.39 is 40.1 Å². The number of benzene rings is 5. The number of nitriles is 1. The van der Waals surface area contributed by atoms with Crippen LogP contribution in [-0.4, -0.2) is 59.9 Å². The highest BCUT2D eigenvalue weighted by molar-refractivity contribution is 7.91. The second-order valence-electron chi connectivity index (χ2n) is 17.6. The summed E-state index contributed by atoms with van der Waals surface area (Å²) < 4.78 is 49.8. The van der Waals surface area contributed by atoms with Crippen LogP contribution in [0, 0.1) is 24.2 Å². The van der Waals surface area contributed by atoms with E-state index in [4.69, 9.17) is 37.4 Å². The highest BCUT2D eigenvalue weighted by Crippen LogP contribution is 2.43. The Balaban J connectivity index is 0.948. The van der Waals surface area contributed by atoms with Gasteiger partial charge in [-0.2, -0.15) is 9.57 Å². The number of halogens is 2. The second-order valence-corrected chi connectivity index (χ2v) is 21.5. The minimum atomic E-state index is -4.38. The number of aromatic nitrogens is 1. The summed E-state index contributed by atoms with van der Waals surface area (Å²) in [6, 6.07) is 30.2. The third-order valence-corrected chi connectivity index (χ3v) is 17.2. The lowest BCUT2D eigenvalue weighted by molar-refractivity contribution is -0.142. The van der Waals surface area contributed by atoms with Gasteiger partial charge in [0.05, 0.1) is 27.4 Å². The van der Waals surface area contributed by atoms with Crippen LogP contribution in [-0.2, 0) is 45.6 Å². The molecule has 13 nitrogen and oxygen atoms in total. The van der Waals surface area contributed by atoms with Gasteiger partial charge in [-0.05, 0) is 120 Å². The van der Waals surface area contributed by atoms with E-state index in [1.165, 1.54) is 19.3 Å². The number of aryl methyl sites for hydroxylation is 1. The van der Waals surface area contributed by atoms with E-state index in [0.29, 0.717) is 79.4 Å². The van der Waals surface area contributed by atoms with E-state index in [2.05, 4.69) is 21.7 Å². The molecule has 0 bridgehead atoms. The van der Waals surface area contributed by atoms with Crippen LogP contribution in [0.1, 0.15) is 77.3 Å². The van der Waals surface area contributed by atoms with Gasteiger partial charge in [-0.15, -0.1) is 0 Å². The summed E-state index contributed by atoms with van der Waals surface area (Å²) >= 11 is 13.3. The normalized spacial score (nSPS) is 17.5. The van der Waals surface area contributed by atoms with Crippen molar-refractivity contribution < 1.29 is 37.3 Å². The molecule has 1 unspecified atom stereocenters. The molecule has 356 valence electrons. The molecule has 5 aromatic carbocycles. The molecule has 0 spiro atoms. The van der Waals surface area contributed by atoms with E-state index in [1.54, 1.807) is 55.5 Å². The molecule has 0 radical (unpaired) electrons. The van der Waals surface area contributed by atoms with Crippen molar-refractivity contribution in [3.05, 3.63) is 152 Å². The van der Waals surface area contributed by atoms with E-state index >= 15 is 0 Å². The molecule has 1 fully saturated rings. The minimum absolute atomic E-state index is 0.00836. The number of amides is 1. The molecular formula is C52H49Cl2N5O8S2. The number of hydrogen-bond donors (Lipinski definition) is 3. The average molecular weight is 1010 g/mol. The fourth-order valence-corrected chi connectivity index (χ4v) is 12.5. The number of thiazole rings is 1. The lowest BCUT2D eigenvalue weighted by Gasteiger charge is -2.36. The van der Waals surface area contributed by atoms with E-state index in [0.717, 1.165) is 50.7 Å². The topological polar surface area (TPSA) is 180 Å². The number of carbonyl (C=O) groups excluding carboxylic acids is 1. The monoisotopic (exact) mass is 1010 g/mol. The number of rotatable bonds is 15. The van der Waals surface area contributed by atoms with Crippen molar-refractivity contribution in [2.24, 2.45) is 5.92 Å². The maximum absolute atomic E-state index is 14.9. The molecule has 2 aliphatic heterocycles. The molecule has 3 atom stereocenters. The molecule has 6 aromatic rings. The van der Waals surface area contributed by atoms with Gasteiger partial charge in [-0.25, -0.2) is 18.2 Å². The molecule has 9 rings (SSSR count). The summed E-state index contributed by atoms with van der Waals surface area (Å²) in [6.07, 6.45) is 5.19. The van der Waals surface area contributed by atoms with Crippen molar-refractivity contribution in [2.45, 2.75) is 87.4 Å². The Morgan fingerprint density at radius 1 is 0.913 bits per heavy atom. The fourth-order valence-electron chi connectivity index (χ4n) is 9.04. The molecule has 1 aliphatic carbocycles. The Hall–Kier alpha value is -6.15. The van der Waals surface area contributed by atoms with Crippen LogP contribution in [0.15, 0.2) is 107 Å². The van der Waals surface area contributed by atoms with Gasteiger partial charge in [0.15, 0.2) is 26.9 Å². The van der Waals surface area contributed by atoms with Crippen LogP contribution in [0.3, 0.4) is 0 Å². The molecule has 69 heavy (non-hydrogen) atoms. The van der Waals surface area contributed by atoms with Gasteiger partial charge in [0.2, 0.25) is 5.91 Å². The van der Waals surface area contributed by atoms with Crippen molar-refractivity contribution in [2.75, 3.05) is 18.5 Å². The van der Waals surface area contributed by atoms with Crippen molar-refractivity contribution in [1.29, 1.82) is 5.26 Å². The number of ether oxygens (including phenoxy) is 3. The molecule has 3 N–H and O–H groups in total. The number of aliphatic carboxylic acids is 1. The fraction of sp³-hybridized carbons (Fsp3) is 0.308. The lowest BCUT2D eigenvalue weighted by Crippen LogP contribution is -2.55. The van der Waals surface area contributed by atoms with Crippen LogP contribution in [0.25, 0.3) is 11.1 Å². The number of fused-ring (bicyclic) bond motifs is 2. The highest BCUT2D eigenvalue weighted by Gasteiger charge is 2.43. The Labute approximate surface area is 415 Å². The Morgan fingerprint density at radius 3 is 2.30 bits per heavy atom. The predicted octanol–water partition coefficient (Wildman–Crippen LogP) is 10.3. The quantitative estimate of drug-likeness (QED) is 0.0891. The number of carbonyl (C=O) groups is 2. The standard InChI is InChI=1S/C52H49Cl2N5O8S2/c1-31-51(68-52(57-31)56-27-34-5-3-2-4-6-34)69(63,64)59-28-40-25-47-46(66-30-48(67-47)38-16-18-41(19-17-38)65-29-35-11-20-42(53)43(54)21-35)24-39(40)23-45(59)49(60)58-44(50(61)62)22-32-7-12-36(13-8-32)37-14-9-33(26-55)10-15-37/h7-21,24-25,34,44-45,48H,2-6,22-23,27-30H2,1H3,(H,56,57)(H,58,60)(H,61,62)/t44?,45-,48+/m0/s1.